The average Bonchev–Trinajstić information content (AvgIpc) is 2.17. The lowest BCUT2D eigenvalue weighted by atomic mass is 10.1. The van der Waals surface area contributed by atoms with E-state index in [1.165, 1.54) is 0 Å². The van der Waals surface area contributed by atoms with Gasteiger partial charge in [-0.3, -0.25) is 4.52 Å². The number of hydrogen-bond acceptors (Lipinski definition) is 7. The Hall–Kier alpha value is -0.670. The van der Waals surface area contributed by atoms with Crippen LogP contribution in [0.25, 0.3) is 0 Å². The molecule has 0 aromatic rings. The van der Waals surface area contributed by atoms with Gasteiger partial charge in [-0.2, -0.15) is 0 Å². The maximum atomic E-state index is 10.4. The van der Waals surface area contributed by atoms with E-state index in [-0.39, 0.29) is 0 Å². The molecule has 1 aliphatic rings. The minimum absolute atomic E-state index is 0.788. The van der Waals surface area contributed by atoms with Gasteiger partial charge in [-0.25, -0.2) is 4.57 Å². The molecule has 0 saturated heterocycles. The van der Waals surface area contributed by atoms with E-state index >= 15 is 0 Å². The lowest BCUT2D eigenvalue weighted by Gasteiger charge is -2.29. The van der Waals surface area contributed by atoms with Crippen molar-refractivity contribution in [1.82, 2.24) is 0 Å². The summed E-state index contributed by atoms with van der Waals surface area (Å²) in [5, 5.41) is 36.4. The van der Waals surface area contributed by atoms with Gasteiger partial charge in [0.25, 0.3) is 0 Å². The zero-order valence-electron chi connectivity index (χ0n) is 7.79. The zero-order chi connectivity index (χ0) is 12.5. The molecule has 1 rings (SSSR count). The number of phosphoric ester groups is 1. The topological polar surface area (TPSA) is 157 Å². The smallest absolute Gasteiger partial charge is 0.469 e. The second-order valence-corrected chi connectivity index (χ2v) is 4.26. The van der Waals surface area contributed by atoms with Crippen LogP contribution in [0.1, 0.15) is 0 Å². The zero-order valence-corrected chi connectivity index (χ0v) is 8.69. The highest BCUT2D eigenvalue weighted by atomic mass is 31.2. The Balaban J connectivity index is 2.72. The summed E-state index contributed by atoms with van der Waals surface area (Å²) < 4.78 is 18.9. The van der Waals surface area contributed by atoms with Crippen LogP contribution in [0.15, 0.2) is 11.5 Å². The second kappa shape index (κ2) is 4.68. The van der Waals surface area contributed by atoms with E-state index in [4.69, 9.17) is 25.1 Å². The molecule has 0 aliphatic carbocycles. The van der Waals surface area contributed by atoms with Gasteiger partial charge < -0.3 is 34.9 Å². The molecule has 0 radical (unpaired) electrons. The molecule has 3 atom stereocenters. The fraction of sp³-hybridized carbons (Fsp3) is 0.667. The summed E-state index contributed by atoms with van der Waals surface area (Å²) in [7, 11) is -4.75. The van der Waals surface area contributed by atoms with Gasteiger partial charge in [0.05, 0.1) is 6.61 Å². The molecule has 0 unspecified atom stereocenters. The Bertz CT molecular complexity index is 333. The molecular weight excluding hydrogens is 247 g/mol. The Morgan fingerprint density at radius 2 is 1.81 bits per heavy atom. The van der Waals surface area contributed by atoms with Gasteiger partial charge in [-0.05, 0) is 0 Å². The average molecular weight is 258 g/mol. The predicted octanol–water partition coefficient (Wildman–Crippen LogP) is -1.50. The van der Waals surface area contributed by atoms with Crippen molar-refractivity contribution in [2.45, 2.75) is 18.5 Å². The van der Waals surface area contributed by atoms with Crippen LogP contribution in [0.5, 0.6) is 0 Å². The molecule has 0 spiro atoms. The Morgan fingerprint density at radius 3 is 2.31 bits per heavy atom. The molecule has 0 fully saturated rings. The van der Waals surface area contributed by atoms with Gasteiger partial charge in [0.15, 0.2) is 23.9 Å². The van der Waals surface area contributed by atoms with E-state index in [0.717, 1.165) is 0 Å². The van der Waals surface area contributed by atoms with Crippen molar-refractivity contribution < 1.29 is 44.0 Å². The third kappa shape index (κ3) is 3.16. The number of phosphoric acid groups is 1. The van der Waals surface area contributed by atoms with Crippen LogP contribution in [0.4, 0.5) is 0 Å². The number of hydrogen-bond donors (Lipinski definition) is 6. The molecule has 9 nitrogen and oxygen atoms in total. The summed E-state index contributed by atoms with van der Waals surface area (Å²) in [5.41, 5.74) is 0. The first-order valence-corrected chi connectivity index (χ1v) is 5.59. The highest BCUT2D eigenvalue weighted by Crippen LogP contribution is 2.37. The number of aliphatic hydroxyl groups is 4. The SMILES string of the molecule is O=P(O)(O)OC[C@H]1O[C@@H](O)[C@@H](O)C(O)=C1O. The number of ether oxygens (including phenoxy) is 1. The van der Waals surface area contributed by atoms with Crippen molar-refractivity contribution in [3.8, 4) is 0 Å². The Kier molecular flexibility index (Phi) is 3.92. The highest BCUT2D eigenvalue weighted by Gasteiger charge is 2.37. The van der Waals surface area contributed by atoms with Gasteiger partial charge in [-0.1, -0.05) is 0 Å². The normalized spacial score (nSPS) is 31.9. The summed E-state index contributed by atoms with van der Waals surface area (Å²) >= 11 is 0. The Morgan fingerprint density at radius 1 is 1.25 bits per heavy atom. The molecule has 94 valence electrons. The van der Waals surface area contributed by atoms with Gasteiger partial charge in [0, 0.05) is 0 Å². The largest absolute Gasteiger partial charge is 0.506 e. The summed E-state index contributed by atoms with van der Waals surface area (Å²) in [6, 6.07) is 0. The predicted molar refractivity (Wildman–Crippen MR) is 47.2 cm³/mol. The molecular formula is C6H11O9P. The molecule has 0 aromatic heterocycles. The lowest BCUT2D eigenvalue weighted by molar-refractivity contribution is -0.204. The highest BCUT2D eigenvalue weighted by molar-refractivity contribution is 7.46. The van der Waals surface area contributed by atoms with Crippen molar-refractivity contribution >= 4 is 7.82 Å². The van der Waals surface area contributed by atoms with Gasteiger partial charge >= 0.3 is 7.82 Å². The van der Waals surface area contributed by atoms with Crippen LogP contribution in [-0.2, 0) is 13.8 Å². The summed E-state index contributed by atoms with van der Waals surface area (Å²) in [4.78, 5) is 16.8. The van der Waals surface area contributed by atoms with Crippen LogP contribution >= 0.6 is 7.82 Å². The van der Waals surface area contributed by atoms with Crippen molar-refractivity contribution in [1.29, 1.82) is 0 Å². The first kappa shape index (κ1) is 13.4. The fourth-order valence-corrected chi connectivity index (χ4v) is 1.37. The molecule has 0 saturated carbocycles. The van der Waals surface area contributed by atoms with Crippen LogP contribution in [0, 0.1) is 0 Å². The van der Waals surface area contributed by atoms with Crippen LogP contribution in [0.2, 0.25) is 0 Å². The van der Waals surface area contributed by atoms with Gasteiger partial charge in [0.2, 0.25) is 0 Å². The molecule has 6 N–H and O–H groups in total. The third-order valence-corrected chi connectivity index (χ3v) is 2.30. The molecule has 0 bridgehead atoms. The summed E-state index contributed by atoms with van der Waals surface area (Å²) in [6.07, 6.45) is -5.10. The maximum Gasteiger partial charge on any atom is 0.469 e. The molecule has 0 aromatic carbocycles. The monoisotopic (exact) mass is 258 g/mol. The van der Waals surface area contributed by atoms with E-state index in [0.29, 0.717) is 0 Å². The lowest BCUT2D eigenvalue weighted by Crippen LogP contribution is -2.42. The number of aliphatic hydroxyl groups excluding tert-OH is 4. The molecule has 1 heterocycles. The standard InChI is InChI=1S/C6H11O9P/c7-3-2(1-14-16(11,12)13)15-6(10)5(9)4(3)8/h2,5-10H,1H2,(H2,11,12,13)/t2-,5+,6-/m1/s1. The first-order chi connectivity index (χ1) is 7.22. The van der Waals surface area contributed by atoms with Crippen molar-refractivity contribution in [2.24, 2.45) is 0 Å². The van der Waals surface area contributed by atoms with Crippen molar-refractivity contribution in [3.05, 3.63) is 11.5 Å². The van der Waals surface area contributed by atoms with E-state index in [1.807, 2.05) is 0 Å². The van der Waals surface area contributed by atoms with E-state index in [9.17, 15) is 9.67 Å². The van der Waals surface area contributed by atoms with Gasteiger partial charge in [-0.15, -0.1) is 0 Å². The fourth-order valence-electron chi connectivity index (χ4n) is 1.04. The third-order valence-electron chi connectivity index (χ3n) is 1.82. The van der Waals surface area contributed by atoms with Crippen LogP contribution in [-0.4, -0.2) is 55.3 Å². The molecule has 0 amide bonds. The minimum Gasteiger partial charge on any atom is -0.506 e. The maximum absolute atomic E-state index is 10.4. The van der Waals surface area contributed by atoms with E-state index < -0.39 is 44.4 Å². The minimum atomic E-state index is -4.75. The summed E-state index contributed by atoms with van der Waals surface area (Å²) in [6.45, 7) is -0.788. The van der Waals surface area contributed by atoms with Crippen LogP contribution < -0.4 is 0 Å². The number of rotatable bonds is 3. The van der Waals surface area contributed by atoms with E-state index in [2.05, 4.69) is 9.26 Å². The Labute approximate surface area is 89.4 Å². The van der Waals surface area contributed by atoms with Crippen molar-refractivity contribution in [3.63, 3.8) is 0 Å². The van der Waals surface area contributed by atoms with Gasteiger partial charge in [0.1, 0.15) is 6.10 Å². The van der Waals surface area contributed by atoms with E-state index in [1.54, 1.807) is 0 Å². The molecule has 10 heteroatoms. The first-order valence-electron chi connectivity index (χ1n) is 4.06. The van der Waals surface area contributed by atoms with Crippen LogP contribution in [0.3, 0.4) is 0 Å². The van der Waals surface area contributed by atoms with Crippen molar-refractivity contribution in [2.75, 3.05) is 6.61 Å². The molecule has 16 heavy (non-hydrogen) atoms. The quantitative estimate of drug-likeness (QED) is 0.331. The molecule has 1 aliphatic heterocycles. The summed E-state index contributed by atoms with van der Waals surface area (Å²) in [5.74, 6) is -1.79. The second-order valence-electron chi connectivity index (χ2n) is 3.02.